The molecule has 1 heterocycles. The summed E-state index contributed by atoms with van der Waals surface area (Å²) >= 11 is 0. The zero-order chi connectivity index (χ0) is 10.4. The van der Waals surface area contributed by atoms with Gasteiger partial charge in [0.05, 0.1) is 5.69 Å². The van der Waals surface area contributed by atoms with Gasteiger partial charge in [-0.15, -0.1) is 0 Å². The molecule has 0 saturated heterocycles. The van der Waals surface area contributed by atoms with Gasteiger partial charge in [-0.1, -0.05) is 26.0 Å². The molecule has 1 aromatic rings. The standard InChI is InChI=1S/C11H13N.C2H6/c1-2-10(9-6-7-9)11-5-3-4-8-12-11;1-2/h2-5,8-9H,6-7H2,1H3;1-2H3/b10-2+;. The van der Waals surface area contributed by atoms with Gasteiger partial charge >= 0.3 is 0 Å². The summed E-state index contributed by atoms with van der Waals surface area (Å²) in [4.78, 5) is 4.34. The smallest absolute Gasteiger partial charge is 0.0661 e. The zero-order valence-electron chi connectivity index (χ0n) is 9.33. The van der Waals surface area contributed by atoms with Gasteiger partial charge in [-0.05, 0) is 43.4 Å². The number of nitrogens with zero attached hydrogens (tertiary/aromatic N) is 1. The van der Waals surface area contributed by atoms with E-state index in [2.05, 4.69) is 24.1 Å². The first kappa shape index (κ1) is 11.0. The second-order valence-electron chi connectivity index (χ2n) is 3.23. The highest BCUT2D eigenvalue weighted by atomic mass is 14.7. The molecular formula is C13H19N. The topological polar surface area (TPSA) is 12.9 Å². The highest BCUT2D eigenvalue weighted by Crippen LogP contribution is 2.40. The molecule has 14 heavy (non-hydrogen) atoms. The van der Waals surface area contributed by atoms with E-state index in [4.69, 9.17) is 0 Å². The lowest BCUT2D eigenvalue weighted by molar-refractivity contribution is 1.10. The first-order chi connectivity index (χ1) is 6.92. The molecule has 0 atom stereocenters. The third-order valence-electron chi connectivity index (χ3n) is 2.29. The maximum absolute atomic E-state index is 4.34. The SMILES string of the molecule is C/C=C(/c1ccccn1)C1CC1.CC. The van der Waals surface area contributed by atoms with Crippen LogP contribution in [0.25, 0.3) is 5.57 Å². The summed E-state index contributed by atoms with van der Waals surface area (Å²) in [6.45, 7) is 6.10. The maximum Gasteiger partial charge on any atom is 0.0661 e. The first-order valence-electron chi connectivity index (χ1n) is 5.49. The summed E-state index contributed by atoms with van der Waals surface area (Å²) in [6.07, 6.45) is 6.74. The minimum Gasteiger partial charge on any atom is -0.257 e. The molecule has 0 bridgehead atoms. The molecule has 1 aliphatic rings. The van der Waals surface area contributed by atoms with Crippen molar-refractivity contribution >= 4 is 5.57 Å². The van der Waals surface area contributed by atoms with Crippen molar-refractivity contribution in [1.29, 1.82) is 0 Å². The third-order valence-corrected chi connectivity index (χ3v) is 2.29. The van der Waals surface area contributed by atoms with Gasteiger partial charge in [-0.25, -0.2) is 0 Å². The van der Waals surface area contributed by atoms with Crippen LogP contribution in [0.4, 0.5) is 0 Å². The van der Waals surface area contributed by atoms with Gasteiger partial charge in [0.2, 0.25) is 0 Å². The third kappa shape index (κ3) is 2.69. The molecule has 0 aliphatic heterocycles. The van der Waals surface area contributed by atoms with Gasteiger partial charge in [-0.3, -0.25) is 4.98 Å². The van der Waals surface area contributed by atoms with E-state index in [0.29, 0.717) is 0 Å². The molecule has 0 amide bonds. The minimum atomic E-state index is 0.796. The van der Waals surface area contributed by atoms with Crippen LogP contribution in [0.15, 0.2) is 30.5 Å². The van der Waals surface area contributed by atoms with Crippen LogP contribution in [0.5, 0.6) is 0 Å². The lowest BCUT2D eigenvalue weighted by Gasteiger charge is -2.02. The number of hydrogen-bond acceptors (Lipinski definition) is 1. The monoisotopic (exact) mass is 189 g/mol. The van der Waals surface area contributed by atoms with Crippen LogP contribution in [0.1, 0.15) is 39.3 Å². The number of rotatable bonds is 2. The summed E-state index contributed by atoms with van der Waals surface area (Å²) in [6, 6.07) is 6.10. The van der Waals surface area contributed by atoms with Crippen molar-refractivity contribution in [1.82, 2.24) is 4.98 Å². The van der Waals surface area contributed by atoms with Crippen molar-refractivity contribution in [3.63, 3.8) is 0 Å². The fourth-order valence-electron chi connectivity index (χ4n) is 1.52. The molecule has 0 radical (unpaired) electrons. The van der Waals surface area contributed by atoms with Crippen LogP contribution < -0.4 is 0 Å². The number of allylic oxidation sites excluding steroid dienone is 2. The van der Waals surface area contributed by atoms with Crippen molar-refractivity contribution in [2.24, 2.45) is 5.92 Å². The average molecular weight is 189 g/mol. The van der Waals surface area contributed by atoms with Gasteiger partial charge in [0, 0.05) is 6.20 Å². The summed E-state index contributed by atoms with van der Waals surface area (Å²) in [5.74, 6) is 0.796. The lowest BCUT2D eigenvalue weighted by Crippen LogP contribution is -1.89. The van der Waals surface area contributed by atoms with Gasteiger partial charge in [0.15, 0.2) is 0 Å². The number of pyridine rings is 1. The Kier molecular flexibility index (Phi) is 4.37. The Morgan fingerprint density at radius 2 is 2.07 bits per heavy atom. The molecule has 1 fully saturated rings. The maximum atomic E-state index is 4.34. The van der Waals surface area contributed by atoms with Crippen LogP contribution in [0.3, 0.4) is 0 Å². The Bertz CT molecular complexity index is 283. The van der Waals surface area contributed by atoms with Gasteiger partial charge < -0.3 is 0 Å². The molecule has 1 nitrogen and oxygen atoms in total. The van der Waals surface area contributed by atoms with Crippen LogP contribution >= 0.6 is 0 Å². The summed E-state index contributed by atoms with van der Waals surface area (Å²) in [5.41, 5.74) is 2.58. The predicted octanol–water partition coefficient (Wildman–Crippen LogP) is 3.92. The number of hydrogen-bond donors (Lipinski definition) is 0. The highest BCUT2D eigenvalue weighted by Gasteiger charge is 2.26. The minimum absolute atomic E-state index is 0.796. The van der Waals surface area contributed by atoms with Crippen molar-refractivity contribution in [2.45, 2.75) is 33.6 Å². The zero-order valence-corrected chi connectivity index (χ0v) is 9.33. The molecule has 76 valence electrons. The number of aromatic nitrogens is 1. The van der Waals surface area contributed by atoms with E-state index in [1.54, 1.807) is 0 Å². The Hall–Kier alpha value is -1.11. The van der Waals surface area contributed by atoms with Crippen molar-refractivity contribution in [3.05, 3.63) is 36.2 Å². The first-order valence-corrected chi connectivity index (χ1v) is 5.49. The molecule has 0 spiro atoms. The van der Waals surface area contributed by atoms with E-state index in [1.807, 2.05) is 32.2 Å². The average Bonchev–Trinajstić information content (AvgIpc) is 3.08. The van der Waals surface area contributed by atoms with Crippen molar-refractivity contribution in [3.8, 4) is 0 Å². The molecule has 2 rings (SSSR count). The fraction of sp³-hybridized carbons (Fsp3) is 0.462. The Balaban J connectivity index is 0.000000461. The lowest BCUT2D eigenvalue weighted by atomic mass is 10.1. The van der Waals surface area contributed by atoms with Crippen molar-refractivity contribution < 1.29 is 0 Å². The largest absolute Gasteiger partial charge is 0.257 e. The molecular weight excluding hydrogens is 170 g/mol. The molecule has 0 N–H and O–H groups in total. The van der Waals surface area contributed by atoms with Crippen LogP contribution in [0.2, 0.25) is 0 Å². The molecule has 1 heteroatoms. The second kappa shape index (κ2) is 5.58. The van der Waals surface area contributed by atoms with Gasteiger partial charge in [0.1, 0.15) is 0 Å². The van der Waals surface area contributed by atoms with Crippen LogP contribution in [0, 0.1) is 5.92 Å². The second-order valence-corrected chi connectivity index (χ2v) is 3.23. The van der Waals surface area contributed by atoms with E-state index in [-0.39, 0.29) is 0 Å². The van der Waals surface area contributed by atoms with Crippen molar-refractivity contribution in [2.75, 3.05) is 0 Å². The van der Waals surface area contributed by atoms with E-state index >= 15 is 0 Å². The molecule has 1 aromatic heterocycles. The summed E-state index contributed by atoms with van der Waals surface area (Å²) in [7, 11) is 0. The molecule has 0 aromatic carbocycles. The predicted molar refractivity (Wildman–Crippen MR) is 62.0 cm³/mol. The van der Waals surface area contributed by atoms with Crippen LogP contribution in [-0.2, 0) is 0 Å². The highest BCUT2D eigenvalue weighted by molar-refractivity contribution is 5.65. The molecule has 1 saturated carbocycles. The van der Waals surface area contributed by atoms with E-state index in [9.17, 15) is 0 Å². The molecule has 1 aliphatic carbocycles. The van der Waals surface area contributed by atoms with Crippen LogP contribution in [-0.4, -0.2) is 4.98 Å². The van der Waals surface area contributed by atoms with Gasteiger partial charge in [0.25, 0.3) is 0 Å². The van der Waals surface area contributed by atoms with E-state index in [1.165, 1.54) is 18.4 Å². The van der Waals surface area contributed by atoms with Gasteiger partial charge in [-0.2, -0.15) is 0 Å². The summed E-state index contributed by atoms with van der Waals surface area (Å²) in [5, 5.41) is 0. The molecule has 0 unspecified atom stereocenters. The Labute approximate surface area is 86.9 Å². The quantitative estimate of drug-likeness (QED) is 0.687. The summed E-state index contributed by atoms with van der Waals surface area (Å²) < 4.78 is 0. The fourth-order valence-corrected chi connectivity index (χ4v) is 1.52. The van der Waals surface area contributed by atoms with E-state index < -0.39 is 0 Å². The Morgan fingerprint density at radius 3 is 2.50 bits per heavy atom. The normalized spacial score (nSPS) is 15.8. The van der Waals surface area contributed by atoms with E-state index in [0.717, 1.165) is 11.6 Å². The Morgan fingerprint density at radius 1 is 1.36 bits per heavy atom.